The molecule has 3 unspecified atom stereocenters. The van der Waals surface area contributed by atoms with Crippen LogP contribution >= 0.6 is 0 Å². The Morgan fingerprint density at radius 1 is 1.09 bits per heavy atom. The van der Waals surface area contributed by atoms with Crippen molar-refractivity contribution < 1.29 is 14.3 Å². The third-order valence-electron chi connectivity index (χ3n) is 5.53. The Morgan fingerprint density at radius 3 is 2.64 bits per heavy atom. The van der Waals surface area contributed by atoms with E-state index in [1.807, 2.05) is 0 Å². The molecule has 0 N–H and O–H groups in total. The fourth-order valence-electron chi connectivity index (χ4n) is 4.31. The molecule has 0 aromatic rings. The number of methoxy groups -OCH3 is 1. The number of ether oxygens (including phenoxy) is 2. The highest BCUT2D eigenvalue weighted by molar-refractivity contribution is 5.77. The van der Waals surface area contributed by atoms with Gasteiger partial charge in [0.1, 0.15) is 12.6 Å². The van der Waals surface area contributed by atoms with Crippen molar-refractivity contribution in [1.29, 1.82) is 0 Å². The standard InChI is InChI=1S/C17H30N2O3/c1-21-15-13-14-7-3-6-10-19(14)16(15)17(20)22-12-11-18-8-4-2-5-9-18/h14-16H,2-13H2,1H3. The van der Waals surface area contributed by atoms with Crippen LogP contribution in [0.5, 0.6) is 0 Å². The molecule has 0 aromatic carbocycles. The monoisotopic (exact) mass is 310 g/mol. The van der Waals surface area contributed by atoms with Crippen LogP contribution in [0.25, 0.3) is 0 Å². The number of fused-ring (bicyclic) bond motifs is 1. The van der Waals surface area contributed by atoms with E-state index in [-0.39, 0.29) is 18.1 Å². The van der Waals surface area contributed by atoms with Gasteiger partial charge in [0.15, 0.2) is 0 Å². The minimum Gasteiger partial charge on any atom is -0.463 e. The SMILES string of the molecule is COC1CC2CCCCN2C1C(=O)OCCN1CCCCC1. The van der Waals surface area contributed by atoms with Gasteiger partial charge in [-0.05, 0) is 51.7 Å². The molecule has 126 valence electrons. The molecule has 0 amide bonds. The molecule has 0 saturated carbocycles. The number of hydrogen-bond donors (Lipinski definition) is 0. The zero-order valence-corrected chi connectivity index (χ0v) is 13.8. The van der Waals surface area contributed by atoms with Gasteiger partial charge in [0.25, 0.3) is 0 Å². The molecule has 3 heterocycles. The molecular weight excluding hydrogens is 280 g/mol. The first-order valence-corrected chi connectivity index (χ1v) is 8.97. The van der Waals surface area contributed by atoms with Gasteiger partial charge in [-0.2, -0.15) is 0 Å². The summed E-state index contributed by atoms with van der Waals surface area (Å²) in [5.74, 6) is -0.0757. The van der Waals surface area contributed by atoms with E-state index in [4.69, 9.17) is 9.47 Å². The van der Waals surface area contributed by atoms with E-state index >= 15 is 0 Å². The Kier molecular flexibility index (Phi) is 5.71. The van der Waals surface area contributed by atoms with Crippen LogP contribution in [0.2, 0.25) is 0 Å². The van der Waals surface area contributed by atoms with E-state index in [1.54, 1.807) is 7.11 Å². The Hall–Kier alpha value is -0.650. The third kappa shape index (κ3) is 3.63. The summed E-state index contributed by atoms with van der Waals surface area (Å²) in [5.41, 5.74) is 0. The van der Waals surface area contributed by atoms with Crippen molar-refractivity contribution in [2.75, 3.05) is 39.9 Å². The lowest BCUT2D eigenvalue weighted by atomic mass is 10.0. The summed E-state index contributed by atoms with van der Waals surface area (Å²) >= 11 is 0. The highest BCUT2D eigenvalue weighted by Gasteiger charge is 2.46. The van der Waals surface area contributed by atoms with Gasteiger partial charge in [0, 0.05) is 19.7 Å². The fourth-order valence-corrected chi connectivity index (χ4v) is 4.31. The van der Waals surface area contributed by atoms with E-state index in [2.05, 4.69) is 9.80 Å². The van der Waals surface area contributed by atoms with Gasteiger partial charge in [-0.3, -0.25) is 14.6 Å². The Bertz CT molecular complexity index is 371. The molecule has 3 aliphatic heterocycles. The maximum Gasteiger partial charge on any atom is 0.326 e. The van der Waals surface area contributed by atoms with Gasteiger partial charge in [0.2, 0.25) is 0 Å². The van der Waals surface area contributed by atoms with Crippen LogP contribution < -0.4 is 0 Å². The Balaban J connectivity index is 1.49. The first-order valence-electron chi connectivity index (χ1n) is 8.97. The van der Waals surface area contributed by atoms with Crippen molar-refractivity contribution in [3.05, 3.63) is 0 Å². The molecule has 3 atom stereocenters. The summed E-state index contributed by atoms with van der Waals surface area (Å²) in [4.78, 5) is 17.3. The molecular formula is C17H30N2O3. The lowest BCUT2D eigenvalue weighted by Gasteiger charge is -2.33. The minimum absolute atomic E-state index is 0.00517. The van der Waals surface area contributed by atoms with Crippen molar-refractivity contribution in [3.63, 3.8) is 0 Å². The fraction of sp³-hybridized carbons (Fsp3) is 0.941. The molecule has 0 aliphatic carbocycles. The molecule has 3 saturated heterocycles. The average molecular weight is 310 g/mol. The quantitative estimate of drug-likeness (QED) is 0.723. The zero-order valence-electron chi connectivity index (χ0n) is 13.8. The lowest BCUT2D eigenvalue weighted by molar-refractivity contribution is -0.153. The topological polar surface area (TPSA) is 42.0 Å². The van der Waals surface area contributed by atoms with Crippen LogP contribution in [-0.2, 0) is 14.3 Å². The normalized spacial score (nSPS) is 33.6. The smallest absolute Gasteiger partial charge is 0.326 e. The second-order valence-electron chi connectivity index (χ2n) is 6.91. The molecule has 0 bridgehead atoms. The number of likely N-dealkylation sites (tertiary alicyclic amines) is 1. The van der Waals surface area contributed by atoms with Crippen LogP contribution in [0.1, 0.15) is 44.9 Å². The lowest BCUT2D eigenvalue weighted by Crippen LogP contribution is -2.48. The van der Waals surface area contributed by atoms with E-state index in [0.29, 0.717) is 12.6 Å². The van der Waals surface area contributed by atoms with Crippen LogP contribution in [0, 0.1) is 0 Å². The summed E-state index contributed by atoms with van der Waals surface area (Å²) in [7, 11) is 1.72. The maximum absolute atomic E-state index is 12.5. The van der Waals surface area contributed by atoms with Crippen molar-refractivity contribution in [2.24, 2.45) is 0 Å². The molecule has 0 radical (unpaired) electrons. The second-order valence-corrected chi connectivity index (χ2v) is 6.91. The maximum atomic E-state index is 12.5. The highest BCUT2D eigenvalue weighted by Crippen LogP contribution is 2.33. The molecule has 0 spiro atoms. The number of piperidine rings is 2. The van der Waals surface area contributed by atoms with E-state index in [0.717, 1.165) is 32.6 Å². The van der Waals surface area contributed by atoms with Gasteiger partial charge in [-0.1, -0.05) is 12.8 Å². The van der Waals surface area contributed by atoms with Crippen molar-refractivity contribution in [1.82, 2.24) is 9.80 Å². The second kappa shape index (κ2) is 7.75. The first-order chi connectivity index (χ1) is 10.8. The molecule has 22 heavy (non-hydrogen) atoms. The van der Waals surface area contributed by atoms with Gasteiger partial charge in [-0.15, -0.1) is 0 Å². The summed E-state index contributed by atoms with van der Waals surface area (Å²) in [5, 5.41) is 0. The molecule has 5 heteroatoms. The van der Waals surface area contributed by atoms with Crippen molar-refractivity contribution in [2.45, 2.75) is 63.1 Å². The largest absolute Gasteiger partial charge is 0.463 e. The summed E-state index contributed by atoms with van der Waals surface area (Å²) in [6.45, 7) is 4.70. The van der Waals surface area contributed by atoms with E-state index < -0.39 is 0 Å². The molecule has 3 aliphatic rings. The molecule has 0 aromatic heterocycles. The average Bonchev–Trinajstić information content (AvgIpc) is 2.94. The molecule has 3 rings (SSSR count). The van der Waals surface area contributed by atoms with Gasteiger partial charge >= 0.3 is 5.97 Å². The number of carbonyl (C=O) groups excluding carboxylic acids is 1. The van der Waals surface area contributed by atoms with Crippen molar-refractivity contribution >= 4 is 5.97 Å². The van der Waals surface area contributed by atoms with Crippen molar-refractivity contribution in [3.8, 4) is 0 Å². The zero-order chi connectivity index (χ0) is 15.4. The van der Waals surface area contributed by atoms with Gasteiger partial charge < -0.3 is 9.47 Å². The number of carbonyl (C=O) groups is 1. The van der Waals surface area contributed by atoms with E-state index in [9.17, 15) is 4.79 Å². The molecule has 5 nitrogen and oxygen atoms in total. The Morgan fingerprint density at radius 2 is 1.86 bits per heavy atom. The first kappa shape index (κ1) is 16.2. The summed E-state index contributed by atoms with van der Waals surface area (Å²) < 4.78 is 11.2. The van der Waals surface area contributed by atoms with Gasteiger partial charge in [0.05, 0.1) is 6.10 Å². The predicted molar refractivity (Wildman–Crippen MR) is 84.8 cm³/mol. The number of hydrogen-bond acceptors (Lipinski definition) is 5. The Labute approximate surface area is 133 Å². The van der Waals surface area contributed by atoms with Gasteiger partial charge in [-0.25, -0.2) is 0 Å². The van der Waals surface area contributed by atoms with Crippen LogP contribution in [0.4, 0.5) is 0 Å². The van der Waals surface area contributed by atoms with E-state index in [1.165, 1.54) is 38.5 Å². The summed E-state index contributed by atoms with van der Waals surface area (Å²) in [6.07, 6.45) is 8.52. The predicted octanol–water partition coefficient (Wildman–Crippen LogP) is 1.66. The van der Waals surface area contributed by atoms with Crippen LogP contribution in [0.3, 0.4) is 0 Å². The summed E-state index contributed by atoms with van der Waals surface area (Å²) in [6, 6.07) is 0.329. The van der Waals surface area contributed by atoms with Crippen LogP contribution in [-0.4, -0.2) is 73.9 Å². The minimum atomic E-state index is -0.184. The number of nitrogens with zero attached hydrogens (tertiary/aromatic N) is 2. The number of rotatable bonds is 5. The highest BCUT2D eigenvalue weighted by atomic mass is 16.5. The number of esters is 1. The molecule has 3 fully saturated rings. The van der Waals surface area contributed by atoms with Crippen LogP contribution in [0.15, 0.2) is 0 Å². The third-order valence-corrected chi connectivity index (χ3v) is 5.53.